The standard InChI is InChI=1S/C26H26N2O4S/c1-15(2)18-10-9-16(3)25-21(12-18)17(4)11-24(25)33(31,32)28-23(26(29)30)13-19-14-27-22-8-6-5-7-20(19)22/h5-8,11-12,14-15,23,27-28H,13H2,1-4H3,(H,29,30). The number of nitrogens with one attached hydrogen (secondary N) is 2. The molecule has 2 aromatic rings. The largest absolute Gasteiger partial charge is 0.480 e. The Kier molecular flexibility index (Phi) is 5.91. The molecule has 2 aliphatic carbocycles. The fraction of sp³-hybridized carbons (Fsp3) is 0.269. The first-order valence-electron chi connectivity index (χ1n) is 10.8. The van der Waals surface area contributed by atoms with Crippen molar-refractivity contribution in [2.45, 2.75) is 40.2 Å². The fourth-order valence-electron chi connectivity index (χ4n) is 4.14. The fourth-order valence-corrected chi connectivity index (χ4v) is 5.69. The van der Waals surface area contributed by atoms with Crippen LogP contribution in [0.5, 0.6) is 0 Å². The number of aromatic nitrogens is 1. The molecule has 1 atom stereocenters. The molecule has 3 N–H and O–H groups in total. The van der Waals surface area contributed by atoms with Crippen LogP contribution in [-0.4, -0.2) is 30.5 Å². The summed E-state index contributed by atoms with van der Waals surface area (Å²) >= 11 is 0. The van der Waals surface area contributed by atoms with Gasteiger partial charge in [-0.1, -0.05) is 43.5 Å². The van der Waals surface area contributed by atoms with Crippen LogP contribution in [0.15, 0.2) is 86.8 Å². The summed E-state index contributed by atoms with van der Waals surface area (Å²) in [6, 6.07) is 6.19. The summed E-state index contributed by atoms with van der Waals surface area (Å²) in [4.78, 5) is 15.2. The number of aromatic amines is 1. The average Bonchev–Trinajstić information content (AvgIpc) is 3.25. The summed E-state index contributed by atoms with van der Waals surface area (Å²) in [6.07, 6.45) is 5.28. The summed E-state index contributed by atoms with van der Waals surface area (Å²) in [5.74, 6) is -1.03. The monoisotopic (exact) mass is 462 g/mol. The Balaban J connectivity index is 1.71. The smallest absolute Gasteiger partial charge is 0.322 e. The van der Waals surface area contributed by atoms with E-state index in [0.29, 0.717) is 11.1 Å². The van der Waals surface area contributed by atoms with E-state index in [1.807, 2.05) is 51.1 Å². The highest BCUT2D eigenvalue weighted by Gasteiger charge is 2.33. The molecular formula is C26H26N2O4S. The van der Waals surface area contributed by atoms with E-state index < -0.39 is 22.0 Å². The van der Waals surface area contributed by atoms with Crippen molar-refractivity contribution < 1.29 is 18.3 Å². The molecule has 0 spiro atoms. The van der Waals surface area contributed by atoms with Crippen molar-refractivity contribution in [3.05, 3.63) is 92.4 Å². The summed E-state index contributed by atoms with van der Waals surface area (Å²) in [6.45, 7) is 7.73. The lowest BCUT2D eigenvalue weighted by Crippen LogP contribution is -2.42. The molecule has 2 aliphatic rings. The van der Waals surface area contributed by atoms with Gasteiger partial charge in [-0.05, 0) is 54.7 Å². The van der Waals surface area contributed by atoms with Crippen LogP contribution in [0.2, 0.25) is 0 Å². The lowest BCUT2D eigenvalue weighted by atomic mass is 9.95. The maximum atomic E-state index is 13.4. The maximum Gasteiger partial charge on any atom is 0.322 e. The van der Waals surface area contributed by atoms with Gasteiger partial charge in [0.15, 0.2) is 0 Å². The van der Waals surface area contributed by atoms with E-state index in [0.717, 1.165) is 33.2 Å². The number of H-pyrrole nitrogens is 1. The van der Waals surface area contributed by atoms with E-state index in [1.54, 1.807) is 19.2 Å². The Morgan fingerprint density at radius 1 is 1.15 bits per heavy atom. The number of hydrogen-bond donors (Lipinski definition) is 3. The van der Waals surface area contributed by atoms with Crippen LogP contribution >= 0.6 is 0 Å². The SMILES string of the molecule is CC1=C=C=C(C(C)C)C=C2C(C)=CC(S(=O)(=O)NC(Cc3c[nH]c4ccccc34)C(=O)O)=C12. The maximum absolute atomic E-state index is 13.4. The molecule has 0 saturated heterocycles. The Bertz CT molecular complexity index is 1470. The zero-order chi connectivity index (χ0) is 23.9. The van der Waals surface area contributed by atoms with E-state index in [1.165, 1.54) is 0 Å². The second kappa shape index (κ2) is 8.54. The number of carboxylic acids is 1. The third kappa shape index (κ3) is 4.32. The quantitative estimate of drug-likeness (QED) is 0.527. The molecule has 1 aromatic heterocycles. The van der Waals surface area contributed by atoms with Gasteiger partial charge in [-0.2, -0.15) is 4.72 Å². The topological polar surface area (TPSA) is 99.3 Å². The van der Waals surface area contributed by atoms with Gasteiger partial charge in [0.1, 0.15) is 6.04 Å². The van der Waals surface area contributed by atoms with Crippen molar-refractivity contribution in [3.63, 3.8) is 0 Å². The molecule has 1 heterocycles. The van der Waals surface area contributed by atoms with E-state index in [2.05, 4.69) is 21.2 Å². The van der Waals surface area contributed by atoms with Crippen LogP contribution in [0.25, 0.3) is 10.9 Å². The number of carbonyl (C=O) groups is 1. The molecule has 170 valence electrons. The molecule has 0 amide bonds. The van der Waals surface area contributed by atoms with Crippen LogP contribution in [-0.2, 0) is 21.2 Å². The van der Waals surface area contributed by atoms with Gasteiger partial charge in [-0.3, -0.25) is 4.79 Å². The van der Waals surface area contributed by atoms with Gasteiger partial charge in [-0.15, -0.1) is 0 Å². The molecule has 0 saturated carbocycles. The number of hydrogen-bond acceptors (Lipinski definition) is 3. The van der Waals surface area contributed by atoms with Crippen molar-refractivity contribution in [2.24, 2.45) is 5.92 Å². The van der Waals surface area contributed by atoms with Crippen LogP contribution in [0.1, 0.15) is 33.3 Å². The summed E-state index contributed by atoms with van der Waals surface area (Å²) in [5.41, 5.74) is 11.5. The molecule has 0 radical (unpaired) electrons. The summed E-state index contributed by atoms with van der Waals surface area (Å²) in [7, 11) is -4.13. The molecule has 7 heteroatoms. The number of sulfonamides is 1. The zero-order valence-electron chi connectivity index (χ0n) is 19.0. The minimum Gasteiger partial charge on any atom is -0.480 e. The van der Waals surface area contributed by atoms with Gasteiger partial charge >= 0.3 is 5.97 Å². The van der Waals surface area contributed by atoms with Gasteiger partial charge in [0.05, 0.1) is 4.91 Å². The number of allylic oxidation sites excluding steroid dienone is 7. The Labute approximate surface area is 193 Å². The Morgan fingerprint density at radius 3 is 2.58 bits per heavy atom. The second-order valence-electron chi connectivity index (χ2n) is 8.69. The minimum atomic E-state index is -4.13. The van der Waals surface area contributed by atoms with Crippen LogP contribution in [0.4, 0.5) is 0 Å². The predicted octanol–water partition coefficient (Wildman–Crippen LogP) is 4.52. The normalized spacial score (nSPS) is 16.9. The Morgan fingerprint density at radius 2 is 1.88 bits per heavy atom. The first-order valence-corrected chi connectivity index (χ1v) is 12.2. The van der Waals surface area contributed by atoms with Crippen molar-refractivity contribution in [1.82, 2.24) is 9.71 Å². The molecule has 4 rings (SSSR count). The first-order chi connectivity index (χ1) is 15.6. The molecular weight excluding hydrogens is 436 g/mol. The van der Waals surface area contributed by atoms with Gasteiger partial charge in [-0.25, -0.2) is 8.42 Å². The number of fused-ring (bicyclic) bond motifs is 2. The first kappa shape index (κ1) is 22.8. The summed E-state index contributed by atoms with van der Waals surface area (Å²) < 4.78 is 29.3. The van der Waals surface area contributed by atoms with Gasteiger partial charge < -0.3 is 10.1 Å². The second-order valence-corrected chi connectivity index (χ2v) is 10.4. The van der Waals surface area contributed by atoms with Crippen molar-refractivity contribution in [1.29, 1.82) is 0 Å². The molecule has 6 nitrogen and oxygen atoms in total. The number of benzene rings is 1. The van der Waals surface area contributed by atoms with E-state index >= 15 is 0 Å². The third-order valence-corrected chi connectivity index (χ3v) is 7.46. The van der Waals surface area contributed by atoms with Crippen LogP contribution in [0, 0.1) is 5.92 Å². The van der Waals surface area contributed by atoms with Gasteiger partial charge in [0, 0.05) is 40.2 Å². The van der Waals surface area contributed by atoms with E-state index in [-0.39, 0.29) is 17.2 Å². The number of carboxylic acid groups (broad SMARTS) is 1. The van der Waals surface area contributed by atoms with Gasteiger partial charge in [0.2, 0.25) is 10.0 Å². The van der Waals surface area contributed by atoms with Crippen molar-refractivity contribution in [3.8, 4) is 0 Å². The zero-order valence-corrected chi connectivity index (χ0v) is 19.8. The van der Waals surface area contributed by atoms with Crippen LogP contribution < -0.4 is 4.72 Å². The van der Waals surface area contributed by atoms with Crippen molar-refractivity contribution in [2.75, 3.05) is 0 Å². The molecule has 0 fully saturated rings. The summed E-state index contributed by atoms with van der Waals surface area (Å²) in [5, 5.41) is 10.7. The number of aliphatic carboxylic acids is 1. The molecule has 0 aliphatic heterocycles. The number of para-hydroxylation sites is 1. The molecule has 1 unspecified atom stereocenters. The lowest BCUT2D eigenvalue weighted by molar-refractivity contribution is -0.138. The molecule has 33 heavy (non-hydrogen) atoms. The Hall–Kier alpha value is -3.34. The third-order valence-electron chi connectivity index (χ3n) is 5.96. The highest BCUT2D eigenvalue weighted by atomic mass is 32.2. The van der Waals surface area contributed by atoms with Crippen molar-refractivity contribution >= 4 is 26.9 Å². The molecule has 0 bridgehead atoms. The predicted molar refractivity (Wildman–Crippen MR) is 129 cm³/mol. The number of rotatable bonds is 7. The van der Waals surface area contributed by atoms with Crippen LogP contribution in [0.3, 0.4) is 0 Å². The highest BCUT2D eigenvalue weighted by molar-refractivity contribution is 7.93. The average molecular weight is 463 g/mol. The minimum absolute atomic E-state index is 0.0142. The highest BCUT2D eigenvalue weighted by Crippen LogP contribution is 2.39. The van der Waals surface area contributed by atoms with Gasteiger partial charge in [0.25, 0.3) is 0 Å². The van der Waals surface area contributed by atoms with E-state index in [9.17, 15) is 18.3 Å². The van der Waals surface area contributed by atoms with E-state index in [4.69, 9.17) is 0 Å². The lowest BCUT2D eigenvalue weighted by Gasteiger charge is -2.16. The molecule has 1 aromatic carbocycles.